The van der Waals surface area contributed by atoms with E-state index < -0.39 is 0 Å². The summed E-state index contributed by atoms with van der Waals surface area (Å²) in [5, 5.41) is 0.665. The summed E-state index contributed by atoms with van der Waals surface area (Å²) in [7, 11) is 0. The Hall–Kier alpha value is -3.12. The summed E-state index contributed by atoms with van der Waals surface area (Å²) in [5.74, 6) is 3.17. The van der Waals surface area contributed by atoms with E-state index in [1.165, 1.54) is 0 Å². The Kier molecular flexibility index (Phi) is 4.56. The van der Waals surface area contributed by atoms with Crippen LogP contribution in [0.2, 0.25) is 5.02 Å². The number of hydrogen-bond acceptors (Lipinski definition) is 6. The molecule has 0 bridgehead atoms. The molecule has 3 heterocycles. The summed E-state index contributed by atoms with van der Waals surface area (Å²) in [6.45, 7) is 5.25. The van der Waals surface area contributed by atoms with Gasteiger partial charge in [-0.15, -0.1) is 0 Å². The minimum absolute atomic E-state index is 0.665. The second-order valence-electron chi connectivity index (χ2n) is 7.18. The Labute approximate surface area is 174 Å². The number of piperazine rings is 1. The number of benzene rings is 2. The van der Waals surface area contributed by atoms with Gasteiger partial charge in [0.2, 0.25) is 5.95 Å². The Morgan fingerprint density at radius 1 is 0.897 bits per heavy atom. The van der Waals surface area contributed by atoms with Crippen LogP contribution in [0.1, 0.15) is 11.1 Å². The van der Waals surface area contributed by atoms with Gasteiger partial charge in [0.1, 0.15) is 17.3 Å². The lowest BCUT2D eigenvalue weighted by Crippen LogP contribution is -2.49. The maximum Gasteiger partial charge on any atom is 0.225 e. The molecule has 0 spiro atoms. The van der Waals surface area contributed by atoms with Crippen molar-refractivity contribution in [2.75, 3.05) is 31.1 Å². The van der Waals surface area contributed by atoms with Crippen LogP contribution in [0.5, 0.6) is 11.5 Å². The highest BCUT2D eigenvalue weighted by molar-refractivity contribution is 6.31. The fourth-order valence-electron chi connectivity index (χ4n) is 3.60. The van der Waals surface area contributed by atoms with Crippen LogP contribution < -0.4 is 9.64 Å². The van der Waals surface area contributed by atoms with E-state index in [1.54, 1.807) is 0 Å². The third-order valence-electron chi connectivity index (χ3n) is 5.12. The normalized spacial score (nSPS) is 15.7. The minimum atomic E-state index is 0.665. The molecule has 2 aliphatic heterocycles. The number of aromatic nitrogens is 2. The molecule has 2 aliphatic rings. The molecule has 0 unspecified atom stereocenters. The highest BCUT2D eigenvalue weighted by Crippen LogP contribution is 2.39. The SMILES string of the molecule is Cc1cnc(N2CCN(C3=Nc4ccccc4Oc4ccc(Cl)cc43)CC2)nc1. The molecule has 5 rings (SSSR count). The number of halogens is 1. The second-order valence-corrected chi connectivity index (χ2v) is 7.62. The molecule has 0 radical (unpaired) electrons. The third-order valence-corrected chi connectivity index (χ3v) is 5.36. The van der Waals surface area contributed by atoms with E-state index in [-0.39, 0.29) is 0 Å². The standard InChI is InChI=1S/C22H20ClN5O/c1-15-13-24-22(25-14-15)28-10-8-27(9-11-28)21-17-12-16(23)6-7-19(17)29-20-5-3-2-4-18(20)26-21/h2-7,12-14H,8-11H2,1H3. The summed E-state index contributed by atoms with van der Waals surface area (Å²) in [6, 6.07) is 13.5. The van der Waals surface area contributed by atoms with Crippen molar-refractivity contribution >= 4 is 29.1 Å². The van der Waals surface area contributed by atoms with Crippen molar-refractivity contribution < 1.29 is 4.74 Å². The highest BCUT2D eigenvalue weighted by Gasteiger charge is 2.26. The van der Waals surface area contributed by atoms with Gasteiger partial charge >= 0.3 is 0 Å². The van der Waals surface area contributed by atoms with Crippen LogP contribution in [-0.4, -0.2) is 46.9 Å². The van der Waals surface area contributed by atoms with Crippen molar-refractivity contribution in [1.82, 2.24) is 14.9 Å². The van der Waals surface area contributed by atoms with Gasteiger partial charge in [0, 0.05) is 43.6 Å². The first-order valence-electron chi connectivity index (χ1n) is 9.61. The first kappa shape index (κ1) is 17.9. The number of aryl methyl sites for hydroxylation is 1. The fourth-order valence-corrected chi connectivity index (χ4v) is 3.78. The summed E-state index contributed by atoms with van der Waals surface area (Å²) in [4.78, 5) is 18.4. The van der Waals surface area contributed by atoms with Gasteiger partial charge in [0.05, 0.1) is 5.56 Å². The number of ether oxygens (including phenoxy) is 1. The first-order chi connectivity index (χ1) is 14.2. The van der Waals surface area contributed by atoms with Gasteiger partial charge in [-0.3, -0.25) is 0 Å². The maximum atomic E-state index is 6.31. The van der Waals surface area contributed by atoms with E-state index in [4.69, 9.17) is 21.3 Å². The van der Waals surface area contributed by atoms with Crippen LogP contribution >= 0.6 is 11.6 Å². The lowest BCUT2D eigenvalue weighted by molar-refractivity contribution is 0.383. The molecule has 1 aromatic heterocycles. The van der Waals surface area contributed by atoms with Crippen molar-refractivity contribution in [2.45, 2.75) is 6.92 Å². The number of fused-ring (bicyclic) bond motifs is 2. The number of aliphatic imine (C=N–C) groups is 1. The number of hydrogen-bond donors (Lipinski definition) is 0. The van der Waals surface area contributed by atoms with Crippen molar-refractivity contribution in [3.63, 3.8) is 0 Å². The van der Waals surface area contributed by atoms with Crippen LogP contribution in [0.15, 0.2) is 59.9 Å². The van der Waals surface area contributed by atoms with Crippen molar-refractivity contribution in [3.8, 4) is 11.5 Å². The number of para-hydroxylation sites is 2. The molecule has 0 saturated carbocycles. The smallest absolute Gasteiger partial charge is 0.225 e. The molecular formula is C22H20ClN5O. The first-order valence-corrected chi connectivity index (χ1v) is 9.99. The number of rotatable bonds is 1. The van der Waals surface area contributed by atoms with Gasteiger partial charge in [0.15, 0.2) is 5.75 Å². The predicted molar refractivity (Wildman–Crippen MR) is 115 cm³/mol. The summed E-state index contributed by atoms with van der Waals surface area (Å²) in [6.07, 6.45) is 3.72. The highest BCUT2D eigenvalue weighted by atomic mass is 35.5. The van der Waals surface area contributed by atoms with E-state index in [1.807, 2.05) is 61.8 Å². The molecule has 6 nitrogen and oxygen atoms in total. The lowest BCUT2D eigenvalue weighted by atomic mass is 10.1. The predicted octanol–water partition coefficient (Wildman–Crippen LogP) is 4.44. The Morgan fingerprint density at radius 3 is 2.41 bits per heavy atom. The second kappa shape index (κ2) is 7.37. The van der Waals surface area contributed by atoms with Crippen LogP contribution in [0.4, 0.5) is 11.6 Å². The quantitative estimate of drug-likeness (QED) is 0.599. The molecule has 7 heteroatoms. The molecule has 29 heavy (non-hydrogen) atoms. The Bertz CT molecular complexity index is 1070. The number of nitrogens with zero attached hydrogens (tertiary/aromatic N) is 5. The van der Waals surface area contributed by atoms with Crippen molar-refractivity contribution in [1.29, 1.82) is 0 Å². The zero-order valence-electron chi connectivity index (χ0n) is 16.0. The fraction of sp³-hybridized carbons (Fsp3) is 0.227. The molecular weight excluding hydrogens is 386 g/mol. The van der Waals surface area contributed by atoms with E-state index >= 15 is 0 Å². The van der Waals surface area contributed by atoms with Gasteiger partial charge < -0.3 is 14.5 Å². The zero-order chi connectivity index (χ0) is 19.8. The average molecular weight is 406 g/mol. The molecule has 0 atom stereocenters. The van der Waals surface area contributed by atoms with Crippen LogP contribution in [0.25, 0.3) is 0 Å². The van der Waals surface area contributed by atoms with E-state index in [2.05, 4.69) is 19.8 Å². The Morgan fingerprint density at radius 2 is 1.62 bits per heavy atom. The molecule has 0 aliphatic carbocycles. The van der Waals surface area contributed by atoms with Crippen LogP contribution in [-0.2, 0) is 0 Å². The van der Waals surface area contributed by atoms with Gasteiger partial charge in [-0.1, -0.05) is 23.7 Å². The van der Waals surface area contributed by atoms with Gasteiger partial charge in [-0.25, -0.2) is 15.0 Å². The summed E-state index contributed by atoms with van der Waals surface area (Å²) < 4.78 is 6.15. The van der Waals surface area contributed by atoms with E-state index in [0.29, 0.717) is 5.02 Å². The molecule has 3 aromatic rings. The molecule has 146 valence electrons. The summed E-state index contributed by atoms with van der Waals surface area (Å²) in [5.41, 5.74) is 2.79. The van der Waals surface area contributed by atoms with E-state index in [9.17, 15) is 0 Å². The van der Waals surface area contributed by atoms with Gasteiger partial charge in [0.25, 0.3) is 0 Å². The van der Waals surface area contributed by atoms with Gasteiger partial charge in [-0.2, -0.15) is 0 Å². The number of amidine groups is 1. The summed E-state index contributed by atoms with van der Waals surface area (Å²) >= 11 is 6.31. The molecule has 1 fully saturated rings. The Balaban J connectivity index is 1.46. The van der Waals surface area contributed by atoms with Crippen LogP contribution in [0, 0.1) is 6.92 Å². The van der Waals surface area contributed by atoms with Crippen molar-refractivity contribution in [2.24, 2.45) is 4.99 Å². The third kappa shape index (κ3) is 3.51. The molecule has 2 aromatic carbocycles. The largest absolute Gasteiger partial charge is 0.454 e. The van der Waals surface area contributed by atoms with Crippen molar-refractivity contribution in [3.05, 3.63) is 71.0 Å². The average Bonchev–Trinajstić information content (AvgIpc) is 2.91. The van der Waals surface area contributed by atoms with Crippen LogP contribution in [0.3, 0.4) is 0 Å². The molecule has 0 amide bonds. The topological polar surface area (TPSA) is 53.9 Å². The maximum absolute atomic E-state index is 6.31. The lowest BCUT2D eigenvalue weighted by Gasteiger charge is -2.36. The minimum Gasteiger partial charge on any atom is -0.454 e. The monoisotopic (exact) mass is 405 g/mol. The molecule has 0 N–H and O–H groups in total. The molecule has 1 saturated heterocycles. The zero-order valence-corrected chi connectivity index (χ0v) is 16.8. The van der Waals surface area contributed by atoms with E-state index in [0.717, 1.165) is 66.3 Å². The number of anilines is 1. The van der Waals surface area contributed by atoms with Gasteiger partial charge in [-0.05, 0) is 42.8 Å².